The summed E-state index contributed by atoms with van der Waals surface area (Å²) in [6.07, 6.45) is -0.391. The summed E-state index contributed by atoms with van der Waals surface area (Å²) < 4.78 is 14.4. The predicted octanol–water partition coefficient (Wildman–Crippen LogP) is 1.13. The number of hydrogen-bond donors (Lipinski definition) is 4. The van der Waals surface area contributed by atoms with Crippen molar-refractivity contribution in [2.24, 2.45) is 7.28 Å². The average Bonchev–Trinajstić information content (AvgIpc) is 3.08. The fourth-order valence-electron chi connectivity index (χ4n) is 2.52. The number of nitrogens with zero attached hydrogens (tertiary/aromatic N) is 5. The van der Waals surface area contributed by atoms with Crippen LogP contribution in [0, 0.1) is 5.92 Å². The summed E-state index contributed by atoms with van der Waals surface area (Å²) in [5.41, 5.74) is 6.83. The average molecular weight is 547 g/mol. The molecule has 4 atom stereocenters. The second-order valence-corrected chi connectivity index (χ2v) is 8.93. The number of rotatable bonds is 4. The number of fused-ring (bicyclic) bond motifs is 1. The lowest BCUT2D eigenvalue weighted by Crippen LogP contribution is -2.25. The number of anilines is 2. The van der Waals surface area contributed by atoms with Gasteiger partial charge in [-0.05, 0) is 0 Å². The minimum atomic E-state index is -0.783. The number of imidazole rings is 1. The standard InChI is InChI=1S/C11H15I2N7O3/c1-4-5(2-21)23-10(7(4)22)20-3-15-6-8(14)16-11(17-9(6)20)18-13-19-12/h3-5,7,10,21-22H,2H2,1H3,(H3,14,16,17,18,19)/t4-,5-,7-,10-/m1/s1. The van der Waals surface area contributed by atoms with Crippen molar-refractivity contribution in [3.63, 3.8) is 0 Å². The van der Waals surface area contributed by atoms with Crippen LogP contribution in [0.1, 0.15) is 13.2 Å². The Morgan fingerprint density at radius 1 is 1.57 bits per heavy atom. The Morgan fingerprint density at radius 2 is 2.35 bits per heavy atom. The van der Waals surface area contributed by atoms with Gasteiger partial charge in [-0.15, -0.1) is 0 Å². The molecule has 126 valence electrons. The van der Waals surface area contributed by atoms with E-state index >= 15 is 0 Å². The third kappa shape index (κ3) is 3.13. The van der Waals surface area contributed by atoms with Gasteiger partial charge in [-0.25, -0.2) is 4.98 Å². The zero-order chi connectivity index (χ0) is 16.6. The Balaban J connectivity index is 2.03. The number of halogens is 2. The van der Waals surface area contributed by atoms with Crippen LogP contribution in [0.25, 0.3) is 11.2 Å². The first-order chi connectivity index (χ1) is 11.1. The molecule has 0 bridgehead atoms. The Morgan fingerprint density at radius 3 is 3.00 bits per heavy atom. The van der Waals surface area contributed by atoms with Crippen molar-refractivity contribution in [3.05, 3.63) is 6.33 Å². The van der Waals surface area contributed by atoms with E-state index in [0.717, 1.165) is 0 Å². The smallest absolute Gasteiger partial charge is 0.236 e. The summed E-state index contributed by atoms with van der Waals surface area (Å²) >= 11 is 1.30. The zero-order valence-corrected chi connectivity index (χ0v) is 16.3. The van der Waals surface area contributed by atoms with Crippen molar-refractivity contribution in [3.8, 4) is 0 Å². The van der Waals surface area contributed by atoms with Crippen molar-refractivity contribution < 1.29 is 14.9 Å². The molecule has 23 heavy (non-hydrogen) atoms. The maximum absolute atomic E-state index is 10.4. The van der Waals surface area contributed by atoms with Gasteiger partial charge < -0.3 is 20.7 Å². The highest BCUT2D eigenvalue weighted by atomic mass is 127. The summed E-state index contributed by atoms with van der Waals surface area (Å²) in [5.74, 6) is 0.403. The molecular formula is C11H15I2N7O3. The number of nitrogens with one attached hydrogen (secondary N) is 1. The molecule has 1 aliphatic heterocycles. The van der Waals surface area contributed by atoms with Gasteiger partial charge in [0.1, 0.15) is 32.9 Å². The molecule has 0 unspecified atom stereocenters. The first kappa shape index (κ1) is 17.1. The third-order valence-corrected chi connectivity index (χ3v) is 5.92. The molecule has 1 saturated heterocycles. The van der Waals surface area contributed by atoms with Crippen molar-refractivity contribution in [2.45, 2.75) is 25.4 Å². The summed E-state index contributed by atoms with van der Waals surface area (Å²) in [7, 11) is 0. The molecule has 3 rings (SSSR count). The minimum absolute atomic E-state index is 0.160. The van der Waals surface area contributed by atoms with E-state index in [2.05, 4.69) is 19.8 Å². The number of aromatic nitrogens is 4. The highest BCUT2D eigenvalue weighted by molar-refractivity contribution is 14.2. The van der Waals surface area contributed by atoms with Gasteiger partial charge in [-0.3, -0.25) is 8.10 Å². The molecule has 0 amide bonds. The van der Waals surface area contributed by atoms with Crippen molar-refractivity contribution in [2.75, 3.05) is 15.9 Å². The van der Waals surface area contributed by atoms with Crippen molar-refractivity contribution in [1.29, 1.82) is 0 Å². The maximum Gasteiger partial charge on any atom is 0.236 e. The lowest BCUT2D eigenvalue weighted by Gasteiger charge is -2.17. The van der Waals surface area contributed by atoms with Gasteiger partial charge in [0.15, 0.2) is 17.7 Å². The molecular weight excluding hydrogens is 532 g/mol. The van der Waals surface area contributed by atoms with Crippen LogP contribution in [0.3, 0.4) is 0 Å². The first-order valence-corrected chi connectivity index (χ1v) is 9.72. The van der Waals surface area contributed by atoms with E-state index in [-0.39, 0.29) is 18.3 Å². The van der Waals surface area contributed by atoms with Crippen LogP contribution in [-0.4, -0.2) is 48.5 Å². The zero-order valence-electron chi connectivity index (χ0n) is 12.0. The first-order valence-electron chi connectivity index (χ1n) is 6.71. The molecule has 1 aliphatic rings. The summed E-state index contributed by atoms with van der Waals surface area (Å²) in [4.78, 5) is 12.8. The van der Waals surface area contributed by atoms with E-state index in [1.54, 1.807) is 4.57 Å². The Hall–Kier alpha value is -0.710. The summed E-state index contributed by atoms with van der Waals surface area (Å²) in [5, 5.41) is 19.7. The van der Waals surface area contributed by atoms with Gasteiger partial charge in [-0.2, -0.15) is 11.3 Å². The van der Waals surface area contributed by atoms with Crippen LogP contribution >= 0.6 is 44.2 Å². The Labute approximate surface area is 155 Å². The number of nitrogen functional groups attached to an aromatic ring is 1. The van der Waals surface area contributed by atoms with Gasteiger partial charge in [0, 0.05) is 5.92 Å². The lowest BCUT2D eigenvalue weighted by atomic mass is 10.0. The number of nitrogens with two attached hydrogens (primary N) is 1. The fraction of sp³-hybridized carbons (Fsp3) is 0.545. The van der Waals surface area contributed by atoms with Gasteiger partial charge in [0.05, 0.1) is 41.9 Å². The van der Waals surface area contributed by atoms with Gasteiger partial charge in [0.2, 0.25) is 5.95 Å². The van der Waals surface area contributed by atoms with Crippen LogP contribution in [-0.2, 0) is 4.74 Å². The molecule has 12 heteroatoms. The van der Waals surface area contributed by atoms with Crippen LogP contribution in [0.15, 0.2) is 7.69 Å². The monoisotopic (exact) mass is 547 g/mol. The van der Waals surface area contributed by atoms with Gasteiger partial charge >= 0.3 is 0 Å². The summed E-state index contributed by atoms with van der Waals surface area (Å²) in [6, 6.07) is 0. The molecule has 0 saturated carbocycles. The van der Waals surface area contributed by atoms with Crippen LogP contribution in [0.5, 0.6) is 0 Å². The highest BCUT2D eigenvalue weighted by Gasteiger charge is 2.42. The topological polar surface area (TPSA) is 144 Å². The number of aliphatic hydroxyl groups excluding tert-OH is 2. The van der Waals surface area contributed by atoms with Crippen LogP contribution in [0.4, 0.5) is 11.8 Å². The second-order valence-electron chi connectivity index (χ2n) is 5.10. The second kappa shape index (κ2) is 7.04. The third-order valence-electron chi connectivity index (χ3n) is 3.79. The van der Waals surface area contributed by atoms with E-state index < -0.39 is 39.7 Å². The molecule has 1 fully saturated rings. The predicted molar refractivity (Wildman–Crippen MR) is 100.0 cm³/mol. The molecule has 0 spiro atoms. The number of hydrogen-bond acceptors (Lipinski definition) is 8. The van der Waals surface area contributed by atoms with E-state index in [9.17, 15) is 10.2 Å². The molecule has 5 N–H and O–H groups in total. The molecule has 10 nitrogen and oxygen atoms in total. The molecule has 2 aromatic rings. The maximum atomic E-state index is 10.4. The normalized spacial score (nSPS) is 28.3. The minimum Gasteiger partial charge on any atom is -0.394 e. The van der Waals surface area contributed by atoms with E-state index in [4.69, 9.17) is 10.5 Å². The lowest BCUT2D eigenvalue weighted by molar-refractivity contribution is -0.0491. The molecule has 0 aromatic carbocycles. The molecule has 0 aliphatic carbocycles. The Kier molecular flexibility index (Phi) is 5.24. The largest absolute Gasteiger partial charge is 0.394 e. The van der Waals surface area contributed by atoms with Gasteiger partial charge in [-0.1, -0.05) is 6.92 Å². The molecule has 2 aromatic heterocycles. The van der Waals surface area contributed by atoms with Gasteiger partial charge in [0.25, 0.3) is 0 Å². The van der Waals surface area contributed by atoms with E-state index in [1.165, 1.54) is 6.33 Å². The fourth-order valence-corrected chi connectivity index (χ4v) is 3.68. The number of aliphatic hydroxyl groups is 2. The SMILES string of the molecule is C[C@H]1[C@@H](O)[C@H](n2cnc3c(N)nc(N/I=N/I)nc32)O[C@@H]1CO. The quantitative estimate of drug-likeness (QED) is 0.330. The molecule has 3 heterocycles. The summed E-state index contributed by atoms with van der Waals surface area (Å²) in [6.45, 7) is 1.67. The molecule has 0 radical (unpaired) electrons. The number of ether oxygens (including phenoxy) is 1. The van der Waals surface area contributed by atoms with Crippen molar-refractivity contribution >= 4 is 67.1 Å². The Bertz CT molecular complexity index is 740. The van der Waals surface area contributed by atoms with Crippen LogP contribution < -0.4 is 9.26 Å². The van der Waals surface area contributed by atoms with E-state index in [0.29, 0.717) is 17.1 Å². The highest BCUT2D eigenvalue weighted by Crippen LogP contribution is 2.35. The van der Waals surface area contributed by atoms with Crippen molar-refractivity contribution in [1.82, 2.24) is 19.5 Å². The van der Waals surface area contributed by atoms with Crippen LogP contribution in [0.2, 0.25) is 0 Å². The van der Waals surface area contributed by atoms with E-state index in [1.807, 2.05) is 29.8 Å².